The Morgan fingerprint density at radius 3 is 2.86 bits per heavy atom. The van der Waals surface area contributed by atoms with E-state index in [2.05, 4.69) is 30.5 Å². The average Bonchev–Trinajstić information content (AvgIpc) is 2.77. The van der Waals surface area contributed by atoms with Crippen molar-refractivity contribution in [1.29, 1.82) is 0 Å². The first-order valence-electron chi connectivity index (χ1n) is 7.55. The molecule has 0 amide bonds. The molecule has 0 bridgehead atoms. The van der Waals surface area contributed by atoms with Gasteiger partial charge in [0.25, 0.3) is 0 Å². The van der Waals surface area contributed by atoms with Gasteiger partial charge in [0.1, 0.15) is 17.3 Å². The Labute approximate surface area is 125 Å². The van der Waals surface area contributed by atoms with Gasteiger partial charge in [0.15, 0.2) is 0 Å². The van der Waals surface area contributed by atoms with Gasteiger partial charge in [-0.1, -0.05) is 31.2 Å². The van der Waals surface area contributed by atoms with E-state index in [1.54, 1.807) is 7.11 Å². The number of hydrogen-bond acceptors (Lipinski definition) is 3. The largest absolute Gasteiger partial charge is 0.383 e. The third-order valence-corrected chi connectivity index (χ3v) is 4.31. The highest BCUT2D eigenvalue weighted by molar-refractivity contribution is 5.74. The zero-order valence-electron chi connectivity index (χ0n) is 13.0. The monoisotopic (exact) mass is 285 g/mol. The van der Waals surface area contributed by atoms with Crippen LogP contribution in [0.1, 0.15) is 37.7 Å². The van der Waals surface area contributed by atoms with Gasteiger partial charge in [-0.3, -0.25) is 0 Å². The summed E-state index contributed by atoms with van der Waals surface area (Å²) in [5.74, 6) is 2.56. The van der Waals surface area contributed by atoms with Gasteiger partial charge in [0.05, 0.1) is 6.61 Å². The lowest BCUT2D eigenvalue weighted by Gasteiger charge is -2.27. The molecule has 3 rings (SSSR count). The zero-order valence-corrected chi connectivity index (χ0v) is 13.0. The molecule has 112 valence electrons. The minimum Gasteiger partial charge on any atom is -0.383 e. The van der Waals surface area contributed by atoms with Crippen LogP contribution in [0, 0.1) is 5.92 Å². The van der Waals surface area contributed by atoms with Crippen LogP contribution in [0.25, 0.3) is 11.3 Å². The van der Waals surface area contributed by atoms with Gasteiger partial charge in [0.2, 0.25) is 0 Å². The van der Waals surface area contributed by atoms with Gasteiger partial charge in [-0.05, 0) is 24.8 Å². The molecule has 2 aromatic rings. The molecule has 2 atom stereocenters. The molecule has 0 radical (unpaired) electrons. The SMILES string of the molecule is COCc1ccccc1-c1nc2n(c1N)C(C)CC(C)C2. The summed E-state index contributed by atoms with van der Waals surface area (Å²) in [4.78, 5) is 4.85. The van der Waals surface area contributed by atoms with Gasteiger partial charge in [0, 0.05) is 25.1 Å². The van der Waals surface area contributed by atoms with Gasteiger partial charge in [-0.2, -0.15) is 0 Å². The number of hydrogen-bond donors (Lipinski definition) is 1. The van der Waals surface area contributed by atoms with E-state index in [0.29, 0.717) is 18.6 Å². The van der Waals surface area contributed by atoms with Crippen molar-refractivity contribution < 1.29 is 4.74 Å². The lowest BCUT2D eigenvalue weighted by molar-refractivity contribution is 0.185. The van der Waals surface area contributed by atoms with E-state index in [0.717, 1.165) is 41.3 Å². The summed E-state index contributed by atoms with van der Waals surface area (Å²) in [6, 6.07) is 8.61. The Kier molecular flexibility index (Phi) is 3.72. The number of imidazole rings is 1. The predicted octanol–water partition coefficient (Wildman–Crippen LogP) is 3.42. The van der Waals surface area contributed by atoms with Crippen molar-refractivity contribution >= 4 is 5.82 Å². The average molecular weight is 285 g/mol. The lowest BCUT2D eigenvalue weighted by Crippen LogP contribution is -2.22. The Hall–Kier alpha value is -1.81. The summed E-state index contributed by atoms with van der Waals surface area (Å²) in [7, 11) is 1.71. The van der Waals surface area contributed by atoms with Crippen LogP contribution in [0.2, 0.25) is 0 Å². The summed E-state index contributed by atoms with van der Waals surface area (Å²) < 4.78 is 7.50. The molecule has 1 aliphatic rings. The van der Waals surface area contributed by atoms with E-state index in [-0.39, 0.29) is 0 Å². The third kappa shape index (κ3) is 2.44. The molecule has 2 unspecified atom stereocenters. The standard InChI is InChI=1S/C17H23N3O/c1-11-8-12(2)20-15(9-11)19-16(17(20)18)14-7-5-4-6-13(14)10-21-3/h4-7,11-12H,8-10,18H2,1-3H3. The number of benzene rings is 1. The predicted molar refractivity (Wildman–Crippen MR) is 85.0 cm³/mol. The molecule has 1 aromatic heterocycles. The molecule has 0 saturated carbocycles. The number of nitrogen functional groups attached to an aromatic ring is 1. The second kappa shape index (κ2) is 5.53. The van der Waals surface area contributed by atoms with E-state index in [4.69, 9.17) is 15.5 Å². The first-order valence-corrected chi connectivity index (χ1v) is 7.55. The Morgan fingerprint density at radius 2 is 2.10 bits per heavy atom. The number of aromatic nitrogens is 2. The fourth-order valence-electron chi connectivity index (χ4n) is 3.44. The number of rotatable bonds is 3. The van der Waals surface area contributed by atoms with Crippen LogP contribution in [0.15, 0.2) is 24.3 Å². The van der Waals surface area contributed by atoms with Gasteiger partial charge in [-0.15, -0.1) is 0 Å². The van der Waals surface area contributed by atoms with Crippen molar-refractivity contribution in [1.82, 2.24) is 9.55 Å². The molecule has 0 spiro atoms. The molecular formula is C17H23N3O. The highest BCUT2D eigenvalue weighted by Gasteiger charge is 2.27. The quantitative estimate of drug-likeness (QED) is 0.940. The van der Waals surface area contributed by atoms with E-state index in [9.17, 15) is 0 Å². The molecular weight excluding hydrogens is 262 g/mol. The highest BCUT2D eigenvalue weighted by atomic mass is 16.5. The first kappa shape index (κ1) is 14.1. The van der Waals surface area contributed by atoms with Crippen molar-refractivity contribution in [3.8, 4) is 11.3 Å². The van der Waals surface area contributed by atoms with Crippen molar-refractivity contribution in [3.05, 3.63) is 35.7 Å². The molecule has 2 N–H and O–H groups in total. The van der Waals surface area contributed by atoms with Crippen LogP contribution in [0.4, 0.5) is 5.82 Å². The molecule has 4 nitrogen and oxygen atoms in total. The van der Waals surface area contributed by atoms with E-state index < -0.39 is 0 Å². The smallest absolute Gasteiger partial charge is 0.131 e. The minimum atomic E-state index is 0.416. The van der Waals surface area contributed by atoms with Crippen LogP contribution in [-0.4, -0.2) is 16.7 Å². The number of nitrogens with two attached hydrogens (primary N) is 1. The number of fused-ring (bicyclic) bond motifs is 1. The fraction of sp³-hybridized carbons (Fsp3) is 0.471. The first-order chi connectivity index (χ1) is 10.1. The topological polar surface area (TPSA) is 53.1 Å². The number of methoxy groups -OCH3 is 1. The maximum absolute atomic E-state index is 6.42. The molecule has 0 saturated heterocycles. The lowest BCUT2D eigenvalue weighted by atomic mass is 9.95. The van der Waals surface area contributed by atoms with Crippen molar-refractivity contribution in [3.63, 3.8) is 0 Å². The maximum atomic E-state index is 6.42. The summed E-state index contributed by atoms with van der Waals surface area (Å²) in [5, 5.41) is 0. The summed E-state index contributed by atoms with van der Waals surface area (Å²) >= 11 is 0. The summed E-state index contributed by atoms with van der Waals surface area (Å²) in [6.45, 7) is 5.08. The zero-order chi connectivity index (χ0) is 15.0. The van der Waals surface area contributed by atoms with Gasteiger partial charge < -0.3 is 15.0 Å². The molecule has 0 aliphatic carbocycles. The Bertz CT molecular complexity index is 647. The molecule has 21 heavy (non-hydrogen) atoms. The van der Waals surface area contributed by atoms with Gasteiger partial charge in [-0.25, -0.2) is 4.98 Å². The Balaban J connectivity index is 2.11. The maximum Gasteiger partial charge on any atom is 0.131 e. The van der Waals surface area contributed by atoms with Crippen LogP contribution < -0.4 is 5.73 Å². The van der Waals surface area contributed by atoms with Crippen molar-refractivity contribution in [2.24, 2.45) is 5.92 Å². The van der Waals surface area contributed by atoms with Crippen molar-refractivity contribution in [2.75, 3.05) is 12.8 Å². The molecule has 4 heteroatoms. The van der Waals surface area contributed by atoms with Crippen LogP contribution in [-0.2, 0) is 17.8 Å². The number of ether oxygens (including phenoxy) is 1. The minimum absolute atomic E-state index is 0.416. The molecule has 2 heterocycles. The van der Waals surface area contributed by atoms with Crippen LogP contribution in [0.3, 0.4) is 0 Å². The van der Waals surface area contributed by atoms with Crippen molar-refractivity contribution in [2.45, 2.75) is 39.3 Å². The normalized spacial score (nSPS) is 21.3. The third-order valence-electron chi connectivity index (χ3n) is 4.31. The van der Waals surface area contributed by atoms with E-state index in [1.807, 2.05) is 12.1 Å². The van der Waals surface area contributed by atoms with E-state index >= 15 is 0 Å². The second-order valence-corrected chi connectivity index (χ2v) is 6.12. The number of anilines is 1. The molecule has 1 aliphatic heterocycles. The molecule has 1 aromatic carbocycles. The summed E-state index contributed by atoms with van der Waals surface area (Å²) in [5.41, 5.74) is 9.53. The Morgan fingerprint density at radius 1 is 1.33 bits per heavy atom. The highest BCUT2D eigenvalue weighted by Crippen LogP contribution is 2.37. The van der Waals surface area contributed by atoms with Crippen LogP contribution >= 0.6 is 0 Å². The fourth-order valence-corrected chi connectivity index (χ4v) is 3.44. The number of nitrogens with zero attached hydrogens (tertiary/aromatic N) is 2. The summed E-state index contributed by atoms with van der Waals surface area (Å²) in [6.07, 6.45) is 2.16. The van der Waals surface area contributed by atoms with Gasteiger partial charge >= 0.3 is 0 Å². The van der Waals surface area contributed by atoms with Crippen LogP contribution in [0.5, 0.6) is 0 Å². The second-order valence-electron chi connectivity index (χ2n) is 6.12. The molecule has 0 fully saturated rings. The van der Waals surface area contributed by atoms with E-state index in [1.165, 1.54) is 0 Å².